The smallest absolute Gasteiger partial charge is 0.217 e. The Morgan fingerprint density at radius 2 is 1.50 bits per heavy atom. The van der Waals surface area contributed by atoms with Crippen molar-refractivity contribution in [2.24, 2.45) is 0 Å². The molecule has 2 rings (SSSR count). The van der Waals surface area contributed by atoms with Crippen LogP contribution in [0.4, 0.5) is 0 Å². The molecule has 1 amide bonds. The van der Waals surface area contributed by atoms with E-state index in [1.54, 1.807) is 6.92 Å². The molecule has 0 aliphatic heterocycles. The van der Waals surface area contributed by atoms with Gasteiger partial charge in [-0.1, -0.05) is 36.4 Å². The lowest BCUT2D eigenvalue weighted by atomic mass is 10.0. The molecule has 0 aliphatic rings. The number of carbonyl (C=O) groups is 1. The molecule has 0 heterocycles. The van der Waals surface area contributed by atoms with Crippen molar-refractivity contribution < 1.29 is 9.53 Å². The molecule has 0 saturated carbocycles. The van der Waals surface area contributed by atoms with Gasteiger partial charge in [0, 0.05) is 13.0 Å². The lowest BCUT2D eigenvalue weighted by molar-refractivity contribution is -0.119. The monoisotopic (exact) mass is 325 g/mol. The van der Waals surface area contributed by atoms with Crippen LogP contribution in [0.25, 0.3) is 11.1 Å². The number of hydrogen-bond acceptors (Lipinski definition) is 2. The number of nitrogens with one attached hydrogen (secondary N) is 1. The zero-order valence-corrected chi connectivity index (χ0v) is 15.2. The molecule has 2 aromatic rings. The first-order valence-corrected chi connectivity index (χ1v) is 8.38. The molecule has 3 nitrogen and oxygen atoms in total. The SMILES string of the molecule is CC(=O)NC(C)Cc1ccc(-c2ccc(OC(C)(C)C)cc2)cc1. The molecule has 0 radical (unpaired) electrons. The van der Waals surface area contributed by atoms with Gasteiger partial charge in [0.2, 0.25) is 5.91 Å². The first-order valence-electron chi connectivity index (χ1n) is 8.38. The number of hydrogen-bond donors (Lipinski definition) is 1. The van der Waals surface area contributed by atoms with E-state index in [0.29, 0.717) is 0 Å². The maximum absolute atomic E-state index is 11.1. The van der Waals surface area contributed by atoms with Crippen molar-refractivity contribution in [3.8, 4) is 16.9 Å². The number of amides is 1. The van der Waals surface area contributed by atoms with Crippen LogP contribution >= 0.6 is 0 Å². The minimum atomic E-state index is -0.187. The molecule has 24 heavy (non-hydrogen) atoms. The van der Waals surface area contributed by atoms with Gasteiger partial charge in [-0.2, -0.15) is 0 Å². The quantitative estimate of drug-likeness (QED) is 0.872. The van der Waals surface area contributed by atoms with Gasteiger partial charge >= 0.3 is 0 Å². The van der Waals surface area contributed by atoms with E-state index in [1.165, 1.54) is 11.1 Å². The average Bonchev–Trinajstić information content (AvgIpc) is 2.46. The number of carbonyl (C=O) groups excluding carboxylic acids is 1. The van der Waals surface area contributed by atoms with E-state index in [-0.39, 0.29) is 17.6 Å². The third-order valence-corrected chi connectivity index (χ3v) is 3.56. The Kier molecular flexibility index (Phi) is 5.66. The third-order valence-electron chi connectivity index (χ3n) is 3.56. The zero-order valence-electron chi connectivity index (χ0n) is 15.2. The predicted molar refractivity (Wildman–Crippen MR) is 99.2 cm³/mol. The van der Waals surface area contributed by atoms with Crippen LogP contribution in [0, 0.1) is 0 Å². The van der Waals surface area contributed by atoms with Crippen LogP contribution in [0.5, 0.6) is 5.75 Å². The van der Waals surface area contributed by atoms with Gasteiger partial charge in [-0.05, 0) is 62.9 Å². The summed E-state index contributed by atoms with van der Waals surface area (Å²) >= 11 is 0. The molecule has 0 bridgehead atoms. The van der Waals surface area contributed by atoms with Gasteiger partial charge in [0.15, 0.2) is 0 Å². The van der Waals surface area contributed by atoms with Gasteiger partial charge in [0.05, 0.1) is 0 Å². The lowest BCUT2D eigenvalue weighted by Crippen LogP contribution is -2.31. The summed E-state index contributed by atoms with van der Waals surface area (Å²) < 4.78 is 5.85. The second-order valence-electron chi connectivity index (χ2n) is 7.24. The summed E-state index contributed by atoms with van der Waals surface area (Å²) in [5.41, 5.74) is 3.37. The third kappa shape index (κ3) is 5.73. The Morgan fingerprint density at radius 3 is 1.96 bits per heavy atom. The molecule has 0 aliphatic carbocycles. The minimum Gasteiger partial charge on any atom is -0.488 e. The van der Waals surface area contributed by atoms with E-state index in [0.717, 1.165) is 17.7 Å². The Labute approximate surface area is 145 Å². The molecule has 1 N–H and O–H groups in total. The molecule has 1 atom stereocenters. The molecule has 128 valence electrons. The fourth-order valence-corrected chi connectivity index (χ4v) is 2.65. The molecule has 0 aromatic heterocycles. The van der Waals surface area contributed by atoms with Gasteiger partial charge < -0.3 is 10.1 Å². The van der Waals surface area contributed by atoms with E-state index >= 15 is 0 Å². The fourth-order valence-electron chi connectivity index (χ4n) is 2.65. The molecule has 0 fully saturated rings. The molecule has 2 aromatic carbocycles. The Hall–Kier alpha value is -2.29. The highest BCUT2D eigenvalue weighted by molar-refractivity contribution is 5.73. The summed E-state index contributed by atoms with van der Waals surface area (Å²) in [5.74, 6) is 0.892. The Morgan fingerprint density at radius 1 is 1.00 bits per heavy atom. The molecule has 3 heteroatoms. The van der Waals surface area contributed by atoms with Crippen LogP contribution in [0.15, 0.2) is 48.5 Å². The fraction of sp³-hybridized carbons (Fsp3) is 0.381. The van der Waals surface area contributed by atoms with Crippen LogP contribution in [0.3, 0.4) is 0 Å². The molecular weight excluding hydrogens is 298 g/mol. The maximum Gasteiger partial charge on any atom is 0.217 e. The van der Waals surface area contributed by atoms with Crippen LogP contribution < -0.4 is 10.1 Å². The summed E-state index contributed by atoms with van der Waals surface area (Å²) in [4.78, 5) is 11.1. The van der Waals surface area contributed by atoms with Gasteiger partial charge in [-0.25, -0.2) is 0 Å². The van der Waals surface area contributed by atoms with Crippen molar-refractivity contribution in [3.05, 3.63) is 54.1 Å². The standard InChI is InChI=1S/C21H27NO2/c1-15(22-16(2)23)14-17-6-8-18(9-7-17)19-10-12-20(13-11-19)24-21(3,4)5/h6-13,15H,14H2,1-5H3,(H,22,23). The van der Waals surface area contributed by atoms with Crippen molar-refractivity contribution in [3.63, 3.8) is 0 Å². The minimum absolute atomic E-state index is 0.0108. The van der Waals surface area contributed by atoms with Crippen molar-refractivity contribution in [2.75, 3.05) is 0 Å². The highest BCUT2D eigenvalue weighted by Crippen LogP contribution is 2.25. The first kappa shape index (κ1) is 18.1. The van der Waals surface area contributed by atoms with E-state index in [4.69, 9.17) is 4.74 Å². The van der Waals surface area contributed by atoms with Crippen LogP contribution in [0.1, 0.15) is 40.2 Å². The van der Waals surface area contributed by atoms with E-state index in [9.17, 15) is 4.79 Å². The van der Waals surface area contributed by atoms with Crippen molar-refractivity contribution in [2.45, 2.75) is 52.7 Å². The highest BCUT2D eigenvalue weighted by Gasteiger charge is 2.11. The Bertz CT molecular complexity index is 666. The largest absolute Gasteiger partial charge is 0.488 e. The predicted octanol–water partition coefficient (Wildman–Crippen LogP) is 4.60. The van der Waals surface area contributed by atoms with Crippen LogP contribution in [-0.2, 0) is 11.2 Å². The van der Waals surface area contributed by atoms with Crippen LogP contribution in [0.2, 0.25) is 0 Å². The summed E-state index contributed by atoms with van der Waals surface area (Å²) in [6, 6.07) is 16.8. The highest BCUT2D eigenvalue weighted by atomic mass is 16.5. The van der Waals surface area contributed by atoms with Crippen molar-refractivity contribution in [1.29, 1.82) is 0 Å². The summed E-state index contributed by atoms with van der Waals surface area (Å²) in [6.45, 7) is 9.70. The first-order chi connectivity index (χ1) is 11.2. The number of benzene rings is 2. The molecular formula is C21H27NO2. The number of ether oxygens (including phenoxy) is 1. The average molecular weight is 325 g/mol. The number of rotatable bonds is 5. The summed E-state index contributed by atoms with van der Waals surface area (Å²) in [6.07, 6.45) is 0.832. The van der Waals surface area contributed by atoms with Crippen molar-refractivity contribution in [1.82, 2.24) is 5.32 Å². The van der Waals surface area contributed by atoms with Crippen molar-refractivity contribution >= 4 is 5.91 Å². The molecule has 0 spiro atoms. The van der Waals surface area contributed by atoms with E-state index < -0.39 is 0 Å². The Balaban J connectivity index is 2.04. The van der Waals surface area contributed by atoms with Gasteiger partial charge in [0.1, 0.15) is 11.4 Å². The second kappa shape index (κ2) is 7.52. The normalized spacial score (nSPS) is 12.5. The summed E-state index contributed by atoms with van der Waals surface area (Å²) in [5, 5.41) is 2.91. The summed E-state index contributed by atoms with van der Waals surface area (Å²) in [7, 11) is 0. The van der Waals surface area contributed by atoms with Gasteiger partial charge in [-0.3, -0.25) is 4.79 Å². The zero-order chi connectivity index (χ0) is 17.7. The van der Waals surface area contributed by atoms with E-state index in [2.05, 4.69) is 41.7 Å². The topological polar surface area (TPSA) is 38.3 Å². The van der Waals surface area contributed by atoms with Gasteiger partial charge in [0.25, 0.3) is 0 Å². The molecule has 0 saturated heterocycles. The lowest BCUT2D eigenvalue weighted by Gasteiger charge is -2.21. The van der Waals surface area contributed by atoms with Gasteiger partial charge in [-0.15, -0.1) is 0 Å². The maximum atomic E-state index is 11.1. The molecule has 1 unspecified atom stereocenters. The van der Waals surface area contributed by atoms with E-state index in [1.807, 2.05) is 39.8 Å². The van der Waals surface area contributed by atoms with Crippen LogP contribution in [-0.4, -0.2) is 17.6 Å². The second-order valence-corrected chi connectivity index (χ2v) is 7.24.